The van der Waals surface area contributed by atoms with Crippen LogP contribution in [0.1, 0.15) is 116 Å². The molecule has 0 aliphatic heterocycles. The third-order valence-electron chi connectivity index (χ3n) is 8.67. The van der Waals surface area contributed by atoms with Crippen LogP contribution in [-0.4, -0.2) is 38.0 Å². The molecule has 0 aromatic heterocycles. The molecule has 1 atom stereocenters. The Hall–Kier alpha value is -1.84. The lowest BCUT2D eigenvalue weighted by Crippen LogP contribution is -2.62. The molecule has 0 N–H and O–H groups in total. The van der Waals surface area contributed by atoms with Gasteiger partial charge in [-0.15, -0.1) is 0 Å². The van der Waals surface area contributed by atoms with Crippen LogP contribution < -0.4 is 4.74 Å². The van der Waals surface area contributed by atoms with E-state index in [1.54, 1.807) is 0 Å². The van der Waals surface area contributed by atoms with E-state index >= 15 is 0 Å². The maximum atomic E-state index is 6.52. The van der Waals surface area contributed by atoms with E-state index in [4.69, 9.17) is 9.47 Å². The molecule has 1 unspecified atom stereocenters. The van der Waals surface area contributed by atoms with Gasteiger partial charge < -0.3 is 9.47 Å². The van der Waals surface area contributed by atoms with Gasteiger partial charge in [0.15, 0.2) is 6.23 Å². The van der Waals surface area contributed by atoms with E-state index in [2.05, 4.69) is 65.2 Å². The zero-order valence-electron chi connectivity index (χ0n) is 25.4. The largest absolute Gasteiger partial charge is 0.491 e. The van der Waals surface area contributed by atoms with Gasteiger partial charge in [0, 0.05) is 25.3 Å². The van der Waals surface area contributed by atoms with Crippen LogP contribution in [0.3, 0.4) is 0 Å². The topological polar surface area (TPSA) is 18.5 Å². The van der Waals surface area contributed by atoms with Crippen molar-refractivity contribution in [3.8, 4) is 5.75 Å². The van der Waals surface area contributed by atoms with Crippen molar-refractivity contribution < 1.29 is 14.0 Å². The van der Waals surface area contributed by atoms with Crippen LogP contribution in [0.25, 0.3) is 0 Å². The quantitative estimate of drug-likeness (QED) is 0.0866. The summed E-state index contributed by atoms with van der Waals surface area (Å²) in [7, 11) is 4.81. The summed E-state index contributed by atoms with van der Waals surface area (Å²) in [4.78, 5) is 0. The van der Waals surface area contributed by atoms with E-state index in [0.29, 0.717) is 13.2 Å². The minimum Gasteiger partial charge on any atom is -0.491 e. The van der Waals surface area contributed by atoms with Gasteiger partial charge in [-0.2, -0.15) is 0 Å². The van der Waals surface area contributed by atoms with Crippen molar-refractivity contribution in [3.05, 3.63) is 66.2 Å². The highest BCUT2D eigenvalue weighted by molar-refractivity contribution is 5.23. The fourth-order valence-corrected chi connectivity index (χ4v) is 5.90. The molecule has 2 aromatic carbocycles. The Morgan fingerprint density at radius 1 is 0.632 bits per heavy atom. The Morgan fingerprint density at radius 2 is 1.11 bits per heavy atom. The Kier molecular flexibility index (Phi) is 15.7. The molecule has 0 amide bonds. The van der Waals surface area contributed by atoms with Gasteiger partial charge >= 0.3 is 0 Å². The Bertz CT molecular complexity index is 804. The molecule has 0 bridgehead atoms. The fraction of sp³-hybridized carbons (Fsp3) is 0.657. The van der Waals surface area contributed by atoms with Crippen LogP contribution in [0.15, 0.2) is 60.7 Å². The molecule has 2 rings (SSSR count). The van der Waals surface area contributed by atoms with Crippen LogP contribution in [-0.2, 0) is 10.3 Å². The van der Waals surface area contributed by atoms with Gasteiger partial charge in [-0.05, 0) is 25.0 Å². The standard InChI is InChI=1S/C35H58NO2/c1-6-8-10-12-14-22-28-35(33-24-18-16-19-25-33,29-23-15-13-11-9-7-2)36(4,5)32(3)37-30-31-38-34-26-20-17-21-27-34/h16-21,24-27,32H,6-15,22-23,28-31H2,1-5H3/q+1. The van der Waals surface area contributed by atoms with Gasteiger partial charge in [-0.25, -0.2) is 0 Å². The average molecular weight is 525 g/mol. The smallest absolute Gasteiger partial charge is 0.190 e. The summed E-state index contributed by atoms with van der Waals surface area (Å²) in [6.45, 7) is 8.03. The fourth-order valence-electron chi connectivity index (χ4n) is 5.90. The van der Waals surface area contributed by atoms with E-state index in [1.807, 2.05) is 30.3 Å². The number of ether oxygens (including phenoxy) is 2. The summed E-state index contributed by atoms with van der Waals surface area (Å²) in [5.74, 6) is 0.905. The number of nitrogens with zero attached hydrogens (tertiary/aromatic N) is 1. The number of para-hydroxylation sites is 1. The molecular weight excluding hydrogens is 466 g/mol. The second-order valence-corrected chi connectivity index (χ2v) is 11.6. The van der Waals surface area contributed by atoms with Crippen LogP contribution in [0.4, 0.5) is 0 Å². The number of unbranched alkanes of at least 4 members (excludes halogenated alkanes) is 10. The van der Waals surface area contributed by atoms with E-state index in [-0.39, 0.29) is 11.8 Å². The summed E-state index contributed by atoms with van der Waals surface area (Å²) in [6.07, 6.45) is 18.5. The number of hydrogen-bond acceptors (Lipinski definition) is 2. The molecule has 3 heteroatoms. The first-order chi connectivity index (χ1) is 18.5. The normalized spacial score (nSPS) is 13.0. The molecule has 38 heavy (non-hydrogen) atoms. The van der Waals surface area contributed by atoms with E-state index in [9.17, 15) is 0 Å². The minimum atomic E-state index is 0.0382. The monoisotopic (exact) mass is 524 g/mol. The minimum absolute atomic E-state index is 0.0382. The van der Waals surface area contributed by atoms with E-state index in [0.717, 1.165) is 10.2 Å². The van der Waals surface area contributed by atoms with Gasteiger partial charge in [0.2, 0.25) is 0 Å². The first-order valence-electron chi connectivity index (χ1n) is 15.7. The highest BCUT2D eigenvalue weighted by Crippen LogP contribution is 2.44. The molecule has 0 spiro atoms. The lowest BCUT2D eigenvalue weighted by molar-refractivity contribution is -0.991. The molecule has 214 valence electrons. The third kappa shape index (κ3) is 10.4. The molecule has 0 aliphatic rings. The first kappa shape index (κ1) is 32.4. The molecule has 3 nitrogen and oxygen atoms in total. The first-order valence-corrected chi connectivity index (χ1v) is 15.7. The van der Waals surface area contributed by atoms with Crippen molar-refractivity contribution >= 4 is 0 Å². The molecule has 0 saturated heterocycles. The summed E-state index contributed by atoms with van der Waals surface area (Å²) >= 11 is 0. The number of quaternary nitrogens is 1. The van der Waals surface area contributed by atoms with Crippen molar-refractivity contribution in [2.45, 2.75) is 122 Å². The second-order valence-electron chi connectivity index (χ2n) is 11.6. The summed E-state index contributed by atoms with van der Waals surface area (Å²) < 4.78 is 13.3. The lowest BCUT2D eigenvalue weighted by Gasteiger charge is -2.52. The summed E-state index contributed by atoms with van der Waals surface area (Å²) in [6, 6.07) is 21.4. The molecule has 0 heterocycles. The molecule has 0 aliphatic carbocycles. The van der Waals surface area contributed by atoms with E-state index < -0.39 is 0 Å². The molecule has 0 fully saturated rings. The Morgan fingerprint density at radius 3 is 1.63 bits per heavy atom. The Labute approximate surface area is 235 Å². The van der Waals surface area contributed by atoms with Crippen LogP contribution in [0, 0.1) is 0 Å². The molecule has 0 saturated carbocycles. The number of hydrogen-bond donors (Lipinski definition) is 0. The van der Waals surface area contributed by atoms with Crippen LogP contribution >= 0.6 is 0 Å². The third-order valence-corrected chi connectivity index (χ3v) is 8.67. The van der Waals surface area contributed by atoms with Crippen LogP contribution in [0.5, 0.6) is 5.75 Å². The molecule has 0 radical (unpaired) electrons. The number of benzene rings is 2. The summed E-state index contributed by atoms with van der Waals surface area (Å²) in [5.41, 5.74) is 1.51. The van der Waals surface area contributed by atoms with Crippen molar-refractivity contribution in [2.24, 2.45) is 0 Å². The zero-order chi connectivity index (χ0) is 27.5. The van der Waals surface area contributed by atoms with Crippen LogP contribution in [0.2, 0.25) is 0 Å². The molecular formula is C35H58NO2+. The van der Waals surface area contributed by atoms with Crippen molar-refractivity contribution in [1.29, 1.82) is 0 Å². The van der Waals surface area contributed by atoms with Gasteiger partial charge in [0.05, 0.1) is 20.7 Å². The maximum absolute atomic E-state index is 6.52. The van der Waals surface area contributed by atoms with Gasteiger partial charge in [0.1, 0.15) is 17.9 Å². The van der Waals surface area contributed by atoms with Crippen molar-refractivity contribution in [3.63, 3.8) is 0 Å². The maximum Gasteiger partial charge on any atom is 0.190 e. The van der Waals surface area contributed by atoms with Crippen molar-refractivity contribution in [1.82, 2.24) is 0 Å². The predicted molar refractivity (Wildman–Crippen MR) is 164 cm³/mol. The van der Waals surface area contributed by atoms with Gasteiger partial charge in [0.25, 0.3) is 0 Å². The van der Waals surface area contributed by atoms with Crippen molar-refractivity contribution in [2.75, 3.05) is 27.3 Å². The summed E-state index contributed by atoms with van der Waals surface area (Å²) in [5, 5.41) is 0. The number of rotatable bonds is 22. The lowest BCUT2D eigenvalue weighted by atomic mass is 9.77. The Balaban J connectivity index is 2.16. The highest BCUT2D eigenvalue weighted by Gasteiger charge is 2.49. The second kappa shape index (κ2) is 18.4. The molecule has 2 aromatic rings. The highest BCUT2D eigenvalue weighted by atomic mass is 16.5. The van der Waals surface area contributed by atoms with Gasteiger partial charge in [-0.1, -0.05) is 127 Å². The van der Waals surface area contributed by atoms with E-state index in [1.165, 1.54) is 95.5 Å². The predicted octanol–water partition coefficient (Wildman–Crippen LogP) is 9.90. The SMILES string of the molecule is CCCCCCCCC(CCCCCCCC)(c1ccccc1)[N+](C)(C)C(C)OCCOc1ccccc1. The average Bonchev–Trinajstić information content (AvgIpc) is 2.94. The zero-order valence-corrected chi connectivity index (χ0v) is 25.4. The van der Waals surface area contributed by atoms with Gasteiger partial charge in [-0.3, -0.25) is 4.48 Å².